The summed E-state index contributed by atoms with van der Waals surface area (Å²) in [5.74, 6) is -2.20. The molecule has 1 aromatic carbocycles. The maximum atomic E-state index is 12.9. The Kier molecular flexibility index (Phi) is 6.16. The van der Waals surface area contributed by atoms with Gasteiger partial charge < -0.3 is 19.8 Å². The van der Waals surface area contributed by atoms with Crippen molar-refractivity contribution in [1.29, 1.82) is 0 Å². The number of anilines is 2. The lowest BCUT2D eigenvalue weighted by Crippen LogP contribution is -2.14. The lowest BCUT2D eigenvalue weighted by atomic mass is 10.1. The second-order valence-corrected chi connectivity index (χ2v) is 7.24. The van der Waals surface area contributed by atoms with Gasteiger partial charge in [0.2, 0.25) is 0 Å². The van der Waals surface area contributed by atoms with E-state index in [1.807, 2.05) is 0 Å². The van der Waals surface area contributed by atoms with Crippen LogP contribution < -0.4 is 10.6 Å². The molecule has 0 aliphatic rings. The fourth-order valence-electron chi connectivity index (χ4n) is 2.70. The lowest BCUT2D eigenvalue weighted by Gasteiger charge is -2.09. The van der Waals surface area contributed by atoms with Crippen molar-refractivity contribution in [3.05, 3.63) is 70.0 Å². The van der Waals surface area contributed by atoms with Crippen LogP contribution in [-0.2, 0) is 10.9 Å². The van der Waals surface area contributed by atoms with Crippen molar-refractivity contribution in [2.75, 3.05) is 17.7 Å². The maximum absolute atomic E-state index is 12.9. The number of esters is 1. The highest BCUT2D eigenvalue weighted by atomic mass is 32.1. The van der Waals surface area contributed by atoms with Crippen molar-refractivity contribution in [3.63, 3.8) is 0 Å². The van der Waals surface area contributed by atoms with Gasteiger partial charge in [-0.2, -0.15) is 13.2 Å². The average Bonchev–Trinajstić information content (AvgIpc) is 3.35. The first-order chi connectivity index (χ1) is 14.6. The number of ether oxygens (including phenoxy) is 1. The average molecular weight is 452 g/mol. The molecule has 2 N–H and O–H groups in total. The fourth-order valence-corrected chi connectivity index (χ4v) is 3.78. The quantitative estimate of drug-likeness (QED) is 0.534. The molecule has 31 heavy (non-hydrogen) atoms. The maximum Gasteiger partial charge on any atom is 0.416 e. The number of amides is 2. The topological polar surface area (TPSA) is 97.6 Å². The molecule has 0 fully saturated rings. The van der Waals surface area contributed by atoms with E-state index in [9.17, 15) is 27.6 Å². The highest BCUT2D eigenvalue weighted by Gasteiger charge is 2.31. The number of benzene rings is 1. The summed E-state index contributed by atoms with van der Waals surface area (Å²) >= 11 is 0.784. The lowest BCUT2D eigenvalue weighted by molar-refractivity contribution is -0.137. The second kappa shape index (κ2) is 8.64. The first kappa shape index (κ1) is 22.1. The highest BCUT2D eigenvalue weighted by molar-refractivity contribution is 7.19. The predicted molar refractivity (Wildman–Crippen MR) is 106 cm³/mol. The molecule has 0 aliphatic heterocycles. The van der Waals surface area contributed by atoms with Gasteiger partial charge in [-0.3, -0.25) is 9.59 Å². The molecular weight excluding hydrogens is 437 g/mol. The number of halogens is 3. The van der Waals surface area contributed by atoms with E-state index >= 15 is 0 Å². The van der Waals surface area contributed by atoms with Crippen molar-refractivity contribution < 1.29 is 36.7 Å². The monoisotopic (exact) mass is 452 g/mol. The van der Waals surface area contributed by atoms with Crippen LogP contribution in [0.25, 0.3) is 0 Å². The third kappa shape index (κ3) is 4.77. The summed E-state index contributed by atoms with van der Waals surface area (Å²) in [5.41, 5.74) is -0.832. The molecule has 3 aromatic rings. The van der Waals surface area contributed by atoms with E-state index in [-0.39, 0.29) is 32.5 Å². The zero-order valence-corrected chi connectivity index (χ0v) is 16.9. The van der Waals surface area contributed by atoms with Crippen LogP contribution in [0.4, 0.5) is 23.9 Å². The number of furan rings is 1. The van der Waals surface area contributed by atoms with Crippen LogP contribution >= 0.6 is 11.3 Å². The normalized spacial score (nSPS) is 11.1. The van der Waals surface area contributed by atoms with Gasteiger partial charge in [-0.1, -0.05) is 6.07 Å². The Balaban J connectivity index is 1.92. The molecule has 0 saturated carbocycles. The molecule has 162 valence electrons. The van der Waals surface area contributed by atoms with Gasteiger partial charge in [-0.15, -0.1) is 11.3 Å². The summed E-state index contributed by atoms with van der Waals surface area (Å²) in [5, 5.41) is 4.91. The van der Waals surface area contributed by atoms with Gasteiger partial charge in [0.15, 0.2) is 5.76 Å². The standard InChI is InChI=1S/C20H15F3N2O5S/c1-10-14(19(28)29-2)18(25-16(26)13-7-4-8-30-13)31-15(10)17(27)24-12-6-3-5-11(9-12)20(21,22)23/h3-9H,1-2H3,(H,24,27)(H,25,26). The number of nitrogens with one attached hydrogen (secondary N) is 2. The van der Waals surface area contributed by atoms with Gasteiger partial charge in [0.25, 0.3) is 11.8 Å². The van der Waals surface area contributed by atoms with Crippen LogP contribution in [0.2, 0.25) is 0 Å². The van der Waals surface area contributed by atoms with Crippen LogP contribution in [0, 0.1) is 6.92 Å². The van der Waals surface area contributed by atoms with Crippen molar-refractivity contribution >= 4 is 39.8 Å². The zero-order chi connectivity index (χ0) is 22.8. The van der Waals surface area contributed by atoms with Crippen LogP contribution in [0.3, 0.4) is 0 Å². The van der Waals surface area contributed by atoms with Gasteiger partial charge >= 0.3 is 12.1 Å². The number of hydrogen-bond acceptors (Lipinski definition) is 6. The minimum atomic E-state index is -4.57. The van der Waals surface area contributed by atoms with E-state index < -0.39 is 29.5 Å². The Morgan fingerprint density at radius 2 is 1.81 bits per heavy atom. The van der Waals surface area contributed by atoms with Crippen molar-refractivity contribution in [2.24, 2.45) is 0 Å². The molecule has 0 unspecified atom stereocenters. The van der Waals surface area contributed by atoms with E-state index in [2.05, 4.69) is 10.6 Å². The predicted octanol–water partition coefficient (Wildman–Crippen LogP) is 4.96. The Morgan fingerprint density at radius 1 is 1.06 bits per heavy atom. The molecule has 2 aromatic heterocycles. The van der Waals surface area contributed by atoms with Crippen LogP contribution in [0.5, 0.6) is 0 Å². The Morgan fingerprint density at radius 3 is 2.42 bits per heavy atom. The number of thiophene rings is 1. The van der Waals surface area contributed by atoms with Crippen molar-refractivity contribution in [3.8, 4) is 0 Å². The number of methoxy groups -OCH3 is 1. The number of alkyl halides is 3. The molecule has 0 bridgehead atoms. The minimum absolute atomic E-state index is 0.0168. The van der Waals surface area contributed by atoms with Crippen LogP contribution in [0.15, 0.2) is 47.1 Å². The minimum Gasteiger partial charge on any atom is -0.465 e. The van der Waals surface area contributed by atoms with E-state index in [1.165, 1.54) is 31.4 Å². The largest absolute Gasteiger partial charge is 0.465 e. The Labute approximate surface area is 177 Å². The molecule has 0 aliphatic carbocycles. The van der Waals surface area contributed by atoms with E-state index in [0.717, 1.165) is 36.6 Å². The molecule has 0 atom stereocenters. The molecule has 2 amide bonds. The molecule has 3 rings (SSSR count). The molecule has 2 heterocycles. The summed E-state index contributed by atoms with van der Waals surface area (Å²) in [6.45, 7) is 1.46. The Bertz CT molecular complexity index is 1140. The van der Waals surface area contributed by atoms with Crippen LogP contribution in [-0.4, -0.2) is 24.9 Å². The number of rotatable bonds is 5. The molecular formula is C20H15F3N2O5S. The molecule has 0 radical (unpaired) electrons. The fraction of sp³-hybridized carbons (Fsp3) is 0.150. The van der Waals surface area contributed by atoms with E-state index in [0.29, 0.717) is 0 Å². The number of carbonyl (C=O) groups is 3. The molecule has 0 saturated heterocycles. The van der Waals surface area contributed by atoms with Crippen molar-refractivity contribution in [2.45, 2.75) is 13.1 Å². The first-order valence-corrected chi connectivity index (χ1v) is 9.48. The SMILES string of the molecule is COC(=O)c1c(NC(=O)c2ccco2)sc(C(=O)Nc2cccc(C(F)(F)F)c2)c1C. The summed E-state index contributed by atoms with van der Waals surface area (Å²) in [4.78, 5) is 37.3. The smallest absolute Gasteiger partial charge is 0.416 e. The molecule has 11 heteroatoms. The van der Waals surface area contributed by atoms with Crippen molar-refractivity contribution in [1.82, 2.24) is 0 Å². The second-order valence-electron chi connectivity index (χ2n) is 6.22. The summed E-state index contributed by atoms with van der Waals surface area (Å²) in [6, 6.07) is 7.05. The van der Waals surface area contributed by atoms with Gasteiger partial charge in [0, 0.05) is 5.69 Å². The highest BCUT2D eigenvalue weighted by Crippen LogP contribution is 2.35. The van der Waals surface area contributed by atoms with Gasteiger partial charge in [-0.25, -0.2) is 4.79 Å². The van der Waals surface area contributed by atoms with Gasteiger partial charge in [0.05, 0.1) is 29.4 Å². The van der Waals surface area contributed by atoms with E-state index in [4.69, 9.17) is 9.15 Å². The number of carbonyl (C=O) groups excluding carboxylic acids is 3. The van der Waals surface area contributed by atoms with Gasteiger partial charge in [-0.05, 0) is 42.8 Å². The van der Waals surface area contributed by atoms with Gasteiger partial charge in [0.1, 0.15) is 5.00 Å². The van der Waals surface area contributed by atoms with Crippen LogP contribution in [0.1, 0.15) is 41.7 Å². The Hall–Kier alpha value is -3.60. The molecule has 7 nitrogen and oxygen atoms in total. The third-order valence-electron chi connectivity index (χ3n) is 4.16. The molecule has 0 spiro atoms. The summed E-state index contributed by atoms with van der Waals surface area (Å²) < 4.78 is 48.4. The summed E-state index contributed by atoms with van der Waals surface area (Å²) in [7, 11) is 1.14. The summed E-state index contributed by atoms with van der Waals surface area (Å²) in [6.07, 6.45) is -3.27. The third-order valence-corrected chi connectivity index (χ3v) is 5.37. The zero-order valence-electron chi connectivity index (χ0n) is 16.1. The van der Waals surface area contributed by atoms with E-state index in [1.54, 1.807) is 0 Å². The first-order valence-electron chi connectivity index (χ1n) is 8.67. The number of hydrogen-bond donors (Lipinski definition) is 2.